The fourth-order valence-electron chi connectivity index (χ4n) is 8.96. The van der Waals surface area contributed by atoms with Crippen molar-refractivity contribution in [3.05, 3.63) is 227 Å². The van der Waals surface area contributed by atoms with Gasteiger partial charge in [0, 0.05) is 51.0 Å². The van der Waals surface area contributed by atoms with Crippen LogP contribution in [0.1, 0.15) is 11.1 Å². The molecule has 1 aliphatic carbocycles. The molecule has 1 aliphatic rings. The number of benzene rings is 9. The van der Waals surface area contributed by atoms with Crippen LogP contribution < -0.4 is 0 Å². The number of H-pyrrole nitrogens is 1. The molecule has 0 radical (unpaired) electrons. The van der Waals surface area contributed by atoms with E-state index < -0.39 is 0 Å². The molecule has 10 heteroatoms. The van der Waals surface area contributed by atoms with Crippen molar-refractivity contribution in [3.63, 3.8) is 0 Å². The van der Waals surface area contributed by atoms with E-state index in [0.29, 0.717) is 5.56 Å². The molecule has 0 aliphatic heterocycles. The minimum absolute atomic E-state index is 0.115. The number of hydrogen-bond acceptors (Lipinski definition) is 8. The summed E-state index contributed by atoms with van der Waals surface area (Å²) in [6.45, 7) is 0. The Kier molecular flexibility index (Phi) is 10.7. The SMILES string of the molecule is O=[N+]([O-])c1ccccc1-c1ccc2nc(-c3ccccc3)sc2c1.c1ccc(-c2nc3cc4[nH]c5ccccc5c4cc3s2)cc1.c1ccc(-c2nc3ccc4c(c3s2)Cc2ccccc2-4)cc1. The molecular formula is C58H37N5O2S3. The summed E-state index contributed by atoms with van der Waals surface area (Å²) in [6.07, 6.45) is 1.03. The van der Waals surface area contributed by atoms with Gasteiger partial charge in [0.1, 0.15) is 15.0 Å². The van der Waals surface area contributed by atoms with Crippen LogP contribution in [-0.4, -0.2) is 24.9 Å². The van der Waals surface area contributed by atoms with Crippen LogP contribution in [0.5, 0.6) is 0 Å². The van der Waals surface area contributed by atoms with Crippen molar-refractivity contribution in [2.45, 2.75) is 6.42 Å². The molecule has 4 aromatic heterocycles. The number of nitro benzene ring substituents is 1. The first-order chi connectivity index (χ1) is 33.5. The number of nitro groups is 1. The van der Waals surface area contributed by atoms with E-state index in [1.54, 1.807) is 34.8 Å². The lowest BCUT2D eigenvalue weighted by Gasteiger charge is -2.02. The first kappa shape index (κ1) is 41.3. The standard InChI is InChI=1S/C20H13NS.C19H12N2O2S.C19H12N2S/c1-2-6-13(7-3-1)20-21-18-11-10-16-15-9-5-4-8-14(15)12-17(16)19(18)22-20;22-21(23)17-9-5-4-8-15(17)14-10-11-16-18(12-14)24-19(20-16)13-6-2-1-3-7-13;1-2-6-12(7-3-1)19-21-17-11-16-14(10-18(17)22-19)13-8-4-5-9-15(13)20-16/h1-11H,12H2;1-12H;1-11,20H. The van der Waals surface area contributed by atoms with Gasteiger partial charge in [-0.25, -0.2) is 15.0 Å². The van der Waals surface area contributed by atoms with Gasteiger partial charge in [-0.15, -0.1) is 34.0 Å². The third-order valence-electron chi connectivity index (χ3n) is 12.2. The van der Waals surface area contributed by atoms with Gasteiger partial charge in [-0.3, -0.25) is 10.1 Å². The van der Waals surface area contributed by atoms with Gasteiger partial charge in [-0.1, -0.05) is 158 Å². The second-order valence-electron chi connectivity index (χ2n) is 16.4. The van der Waals surface area contributed by atoms with Crippen LogP contribution in [0, 0.1) is 10.1 Å². The fourth-order valence-corrected chi connectivity index (χ4v) is 12.1. The highest BCUT2D eigenvalue weighted by atomic mass is 32.1. The molecule has 0 fully saturated rings. The van der Waals surface area contributed by atoms with Crippen molar-refractivity contribution in [1.29, 1.82) is 0 Å². The summed E-state index contributed by atoms with van der Waals surface area (Å²) in [7, 11) is 0. The van der Waals surface area contributed by atoms with Crippen LogP contribution in [-0.2, 0) is 6.42 Å². The zero-order chi connectivity index (χ0) is 45.6. The number of nitrogens with one attached hydrogen (secondary N) is 1. The number of rotatable bonds is 5. The Morgan fingerprint density at radius 1 is 0.441 bits per heavy atom. The minimum Gasteiger partial charge on any atom is -0.354 e. The van der Waals surface area contributed by atoms with Crippen molar-refractivity contribution >= 4 is 92.2 Å². The maximum atomic E-state index is 11.2. The van der Waals surface area contributed by atoms with Gasteiger partial charge >= 0.3 is 0 Å². The van der Waals surface area contributed by atoms with Gasteiger partial charge in [0.25, 0.3) is 5.69 Å². The Morgan fingerprint density at radius 2 is 1.00 bits per heavy atom. The minimum atomic E-state index is -0.346. The third kappa shape index (κ3) is 7.80. The largest absolute Gasteiger partial charge is 0.354 e. The Hall–Kier alpha value is -8.15. The van der Waals surface area contributed by atoms with E-state index in [9.17, 15) is 10.1 Å². The second-order valence-corrected chi connectivity index (χ2v) is 19.5. The van der Waals surface area contributed by atoms with E-state index >= 15 is 0 Å². The number of nitrogens with zero attached hydrogens (tertiary/aromatic N) is 4. The molecule has 324 valence electrons. The Balaban J connectivity index is 0.000000106. The lowest BCUT2D eigenvalue weighted by Crippen LogP contribution is -1.91. The summed E-state index contributed by atoms with van der Waals surface area (Å²) in [4.78, 5) is 28.7. The molecule has 1 N–H and O–H groups in total. The van der Waals surface area contributed by atoms with Crippen molar-refractivity contribution in [3.8, 4) is 54.0 Å². The lowest BCUT2D eigenvalue weighted by molar-refractivity contribution is -0.384. The highest BCUT2D eigenvalue weighted by Gasteiger charge is 2.22. The van der Waals surface area contributed by atoms with Gasteiger partial charge in [0.15, 0.2) is 0 Å². The molecule has 13 aromatic rings. The molecule has 0 atom stereocenters. The number of aromatic amines is 1. The number of fused-ring (bicyclic) bond motifs is 10. The number of para-hydroxylation sites is 2. The number of hydrogen-bond donors (Lipinski definition) is 1. The van der Waals surface area contributed by atoms with E-state index in [0.717, 1.165) is 59.3 Å². The van der Waals surface area contributed by atoms with Crippen molar-refractivity contribution < 1.29 is 4.92 Å². The molecule has 0 bridgehead atoms. The maximum absolute atomic E-state index is 11.2. The zero-order valence-electron chi connectivity index (χ0n) is 36.2. The molecule has 7 nitrogen and oxygen atoms in total. The van der Waals surface area contributed by atoms with Gasteiger partial charge in [0.2, 0.25) is 0 Å². The Labute approximate surface area is 402 Å². The molecule has 0 saturated carbocycles. The van der Waals surface area contributed by atoms with E-state index in [-0.39, 0.29) is 10.6 Å². The average molecular weight is 932 g/mol. The molecule has 68 heavy (non-hydrogen) atoms. The van der Waals surface area contributed by atoms with Crippen LogP contribution in [0.25, 0.3) is 106 Å². The second kappa shape index (κ2) is 17.6. The smallest absolute Gasteiger partial charge is 0.277 e. The molecule has 14 rings (SSSR count). The van der Waals surface area contributed by atoms with Crippen molar-refractivity contribution in [1.82, 2.24) is 19.9 Å². The highest BCUT2D eigenvalue weighted by Crippen LogP contribution is 2.44. The first-order valence-corrected chi connectivity index (χ1v) is 24.6. The fraction of sp³-hybridized carbons (Fsp3) is 0.0172. The molecule has 9 aromatic carbocycles. The molecule has 0 spiro atoms. The van der Waals surface area contributed by atoms with E-state index in [1.807, 2.05) is 78.1 Å². The summed E-state index contributed by atoms with van der Waals surface area (Å²) in [6, 6.07) is 69.4. The van der Waals surface area contributed by atoms with Crippen molar-refractivity contribution in [2.24, 2.45) is 0 Å². The van der Waals surface area contributed by atoms with Gasteiger partial charge in [0.05, 0.1) is 41.1 Å². The van der Waals surface area contributed by atoms with Crippen LogP contribution in [0.15, 0.2) is 206 Å². The average Bonchev–Trinajstić information content (AvgIpc) is 4.25. The Bertz CT molecular complexity index is 3990. The van der Waals surface area contributed by atoms with E-state index in [4.69, 9.17) is 9.97 Å². The topological polar surface area (TPSA) is 97.6 Å². The van der Waals surface area contributed by atoms with E-state index in [1.165, 1.54) is 65.1 Å². The summed E-state index contributed by atoms with van der Waals surface area (Å²) < 4.78 is 3.59. The number of aromatic nitrogens is 4. The maximum Gasteiger partial charge on any atom is 0.277 e. The Morgan fingerprint density at radius 3 is 1.71 bits per heavy atom. The van der Waals surface area contributed by atoms with Crippen molar-refractivity contribution in [2.75, 3.05) is 0 Å². The van der Waals surface area contributed by atoms with Gasteiger partial charge < -0.3 is 4.98 Å². The van der Waals surface area contributed by atoms with E-state index in [2.05, 4.69) is 131 Å². The third-order valence-corrected chi connectivity index (χ3v) is 15.5. The van der Waals surface area contributed by atoms with Crippen LogP contribution in [0.3, 0.4) is 0 Å². The summed E-state index contributed by atoms with van der Waals surface area (Å²) in [5, 5.41) is 16.9. The normalized spacial score (nSPS) is 11.6. The monoisotopic (exact) mass is 931 g/mol. The summed E-state index contributed by atoms with van der Waals surface area (Å²) >= 11 is 5.16. The predicted octanol–water partition coefficient (Wildman–Crippen LogP) is 16.7. The molecule has 0 saturated heterocycles. The summed E-state index contributed by atoms with van der Waals surface area (Å²) in [5.41, 5.74) is 16.1. The molecule has 4 heterocycles. The van der Waals surface area contributed by atoms with Crippen LogP contribution in [0.2, 0.25) is 0 Å². The number of thiazole rings is 3. The first-order valence-electron chi connectivity index (χ1n) is 22.1. The predicted molar refractivity (Wildman–Crippen MR) is 285 cm³/mol. The van der Waals surface area contributed by atoms with Gasteiger partial charge in [-0.2, -0.15) is 0 Å². The van der Waals surface area contributed by atoms with Gasteiger partial charge in [-0.05, 0) is 70.3 Å². The highest BCUT2D eigenvalue weighted by molar-refractivity contribution is 7.22. The lowest BCUT2D eigenvalue weighted by atomic mass is 10.0. The van der Waals surface area contributed by atoms with Crippen LogP contribution in [0.4, 0.5) is 5.69 Å². The molecule has 0 amide bonds. The quantitative estimate of drug-likeness (QED) is 0.137. The molecule has 0 unspecified atom stereocenters. The van der Waals surface area contributed by atoms with Crippen LogP contribution >= 0.6 is 34.0 Å². The molecular weight excluding hydrogens is 895 g/mol. The zero-order valence-corrected chi connectivity index (χ0v) is 38.6. The summed E-state index contributed by atoms with van der Waals surface area (Å²) in [5.74, 6) is 0.